The summed E-state index contributed by atoms with van der Waals surface area (Å²) in [5.74, 6) is -5.32. The first-order valence-corrected chi connectivity index (χ1v) is 19.0. The van der Waals surface area contributed by atoms with Gasteiger partial charge in [-0.2, -0.15) is 13.5 Å². The SMILES string of the molecule is COc1ccc(SP2(Sc3ccc(Cl)cc3)=NP(Cl)(Cl)=NP(Cl)(Cl)=N2)cc1. The van der Waals surface area contributed by atoms with Crippen LogP contribution < -0.4 is 4.74 Å². The third-order valence-electron chi connectivity index (χ3n) is 2.98. The largest absolute Gasteiger partial charge is 0.497 e. The zero-order chi connectivity index (χ0) is 19.7. The molecule has 0 N–H and O–H groups in total. The van der Waals surface area contributed by atoms with Crippen LogP contribution in [0.5, 0.6) is 5.75 Å². The van der Waals surface area contributed by atoms with Gasteiger partial charge in [-0.25, -0.2) is 0 Å². The lowest BCUT2D eigenvalue weighted by molar-refractivity contribution is 0.414. The molecule has 0 fully saturated rings. The van der Waals surface area contributed by atoms with Gasteiger partial charge in [-0.05, 0) is 116 Å². The van der Waals surface area contributed by atoms with Crippen molar-refractivity contribution in [3.05, 3.63) is 53.6 Å². The van der Waals surface area contributed by atoms with Gasteiger partial charge in [0.25, 0.3) is 11.8 Å². The summed E-state index contributed by atoms with van der Waals surface area (Å²) in [6, 6.07) is 14.9. The van der Waals surface area contributed by atoms with Crippen LogP contribution in [-0.4, -0.2) is 7.11 Å². The number of rotatable bonds is 5. The van der Waals surface area contributed by atoms with E-state index in [1.165, 1.54) is 22.8 Å². The summed E-state index contributed by atoms with van der Waals surface area (Å²) in [5, 5.41) is 0.634. The summed E-state index contributed by atoms with van der Waals surface area (Å²) in [5.41, 5.74) is -2.64. The lowest BCUT2D eigenvalue weighted by Crippen LogP contribution is -1.81. The Morgan fingerprint density at radius 2 is 1.22 bits per heavy atom. The average molecular weight is 560 g/mol. The maximum atomic E-state index is 6.35. The molecule has 1 atom stereocenters. The summed E-state index contributed by atoms with van der Waals surface area (Å²) in [6.45, 7) is 0. The van der Waals surface area contributed by atoms with E-state index in [-0.39, 0.29) is 0 Å². The van der Waals surface area contributed by atoms with Crippen LogP contribution in [0.3, 0.4) is 0 Å². The Balaban J connectivity index is 2.09. The minimum Gasteiger partial charge on any atom is -0.497 e. The van der Waals surface area contributed by atoms with Crippen molar-refractivity contribution in [1.82, 2.24) is 0 Å². The molecule has 1 unspecified atom stereocenters. The Labute approximate surface area is 190 Å². The summed E-state index contributed by atoms with van der Waals surface area (Å²) in [4.78, 5) is 1.83. The second-order valence-electron chi connectivity index (χ2n) is 4.98. The van der Waals surface area contributed by atoms with Gasteiger partial charge in [-0.3, -0.25) is 0 Å². The van der Waals surface area contributed by atoms with Crippen molar-refractivity contribution < 1.29 is 4.74 Å². The summed E-state index contributed by atoms with van der Waals surface area (Å²) in [7, 11) is 1.61. The highest BCUT2D eigenvalue weighted by molar-refractivity contribution is 8.91. The van der Waals surface area contributed by atoms with Crippen LogP contribution in [0, 0.1) is 0 Å². The zero-order valence-electron chi connectivity index (χ0n) is 13.4. The first-order valence-electron chi connectivity index (χ1n) is 7.09. The van der Waals surface area contributed by atoms with Crippen LogP contribution >= 0.6 is 96.8 Å². The molecular weight excluding hydrogens is 548 g/mol. The van der Waals surface area contributed by atoms with E-state index in [9.17, 15) is 0 Å². The van der Waals surface area contributed by atoms with Crippen molar-refractivity contribution in [3.63, 3.8) is 0 Å². The van der Waals surface area contributed by atoms with E-state index in [0.29, 0.717) is 5.02 Å². The van der Waals surface area contributed by atoms with Crippen LogP contribution in [0.1, 0.15) is 0 Å². The third kappa shape index (κ3) is 6.53. The zero-order valence-corrected chi connectivity index (χ0v) is 21.5. The number of benzene rings is 2. The molecule has 0 aliphatic carbocycles. The molecule has 4 nitrogen and oxygen atoms in total. The molecule has 3 rings (SSSR count). The van der Waals surface area contributed by atoms with Gasteiger partial charge in [0.15, 0.2) is 0 Å². The fourth-order valence-electron chi connectivity index (χ4n) is 1.95. The Kier molecular flexibility index (Phi) is 7.64. The van der Waals surface area contributed by atoms with E-state index in [4.69, 9.17) is 61.3 Å². The molecule has 0 spiro atoms. The number of hydrogen-bond acceptors (Lipinski definition) is 6. The van der Waals surface area contributed by atoms with Crippen molar-refractivity contribution in [2.24, 2.45) is 13.5 Å². The second-order valence-corrected chi connectivity index (χ2v) is 23.2. The number of methoxy groups -OCH3 is 1. The number of ether oxygens (including phenoxy) is 1. The van der Waals surface area contributed by atoms with Gasteiger partial charge in [0.2, 0.25) is 5.61 Å². The molecule has 2 aromatic carbocycles. The predicted octanol–water partition coefficient (Wildman–Crippen LogP) is 11.0. The second kappa shape index (κ2) is 9.06. The molecule has 0 saturated carbocycles. The average Bonchev–Trinajstić information content (AvgIpc) is 2.54. The fourth-order valence-corrected chi connectivity index (χ4v) is 29.0. The number of halogens is 5. The molecule has 146 valence electrons. The topological polar surface area (TPSA) is 46.3 Å². The highest BCUT2D eigenvalue weighted by Gasteiger charge is 2.35. The lowest BCUT2D eigenvalue weighted by Gasteiger charge is -2.25. The molecule has 0 bridgehead atoms. The van der Waals surface area contributed by atoms with Crippen LogP contribution in [0.2, 0.25) is 5.02 Å². The Morgan fingerprint density at radius 1 is 0.741 bits per heavy atom. The van der Waals surface area contributed by atoms with E-state index in [1.54, 1.807) is 19.2 Å². The molecule has 0 amide bonds. The number of hydrogen-bond donors (Lipinski definition) is 0. The van der Waals surface area contributed by atoms with Gasteiger partial charge in [0.05, 0.1) is 7.11 Å². The van der Waals surface area contributed by atoms with Gasteiger partial charge in [-0.15, -0.1) is 0 Å². The Morgan fingerprint density at radius 3 is 1.70 bits per heavy atom. The number of nitrogens with zero attached hydrogens (tertiary/aromatic N) is 3. The molecule has 1 aliphatic rings. The van der Waals surface area contributed by atoms with E-state index in [1.807, 2.05) is 36.4 Å². The third-order valence-corrected chi connectivity index (χ3v) is 21.5. The standard InChI is InChI=1S/C13H11Cl5N3OP3S2/c1-22-11-4-8-13(9-5-11)27-25(26-12-6-2-10(14)3-7-12)20-23(15,16)19-24(17,18)21-25/h2-9H,1H3. The van der Waals surface area contributed by atoms with Crippen molar-refractivity contribution in [3.8, 4) is 5.75 Å². The molecule has 1 heterocycles. The maximum absolute atomic E-state index is 6.35. The smallest absolute Gasteiger partial charge is 0.257 e. The van der Waals surface area contributed by atoms with Gasteiger partial charge in [-0.1, -0.05) is 11.6 Å². The van der Waals surface area contributed by atoms with Crippen molar-refractivity contribution in [2.45, 2.75) is 9.79 Å². The van der Waals surface area contributed by atoms with Crippen molar-refractivity contribution >= 4 is 96.8 Å². The summed E-state index contributed by atoms with van der Waals surface area (Å²) in [6.07, 6.45) is 0. The first-order chi connectivity index (χ1) is 12.6. The highest BCUT2D eigenvalue weighted by Crippen LogP contribution is 2.92. The van der Waals surface area contributed by atoms with E-state index in [0.717, 1.165) is 15.5 Å². The summed E-state index contributed by atoms with van der Waals surface area (Å²) >= 11 is 34.3. The van der Waals surface area contributed by atoms with E-state index < -0.39 is 17.4 Å². The molecular formula is C13H11Cl5N3OP3S2. The van der Waals surface area contributed by atoms with Crippen LogP contribution in [0.15, 0.2) is 71.9 Å². The Bertz CT molecular complexity index is 997. The first kappa shape index (κ1) is 22.8. The van der Waals surface area contributed by atoms with Gasteiger partial charge < -0.3 is 4.74 Å². The van der Waals surface area contributed by atoms with Gasteiger partial charge in [0, 0.05) is 14.8 Å². The van der Waals surface area contributed by atoms with Crippen LogP contribution in [0.4, 0.5) is 0 Å². The minimum absolute atomic E-state index is 0.634. The van der Waals surface area contributed by atoms with Crippen LogP contribution in [-0.2, 0) is 0 Å². The lowest BCUT2D eigenvalue weighted by atomic mass is 10.3. The normalized spacial score (nSPS) is 22.9. The minimum atomic E-state index is -3.04. The maximum Gasteiger partial charge on any atom is 0.257 e. The monoisotopic (exact) mass is 557 g/mol. The highest BCUT2D eigenvalue weighted by atomic mass is 35.9. The van der Waals surface area contributed by atoms with Gasteiger partial charge >= 0.3 is 0 Å². The quantitative estimate of drug-likeness (QED) is 0.342. The molecule has 27 heavy (non-hydrogen) atoms. The molecule has 0 saturated heterocycles. The summed E-state index contributed by atoms with van der Waals surface area (Å²) < 4.78 is 18.6. The van der Waals surface area contributed by atoms with E-state index >= 15 is 0 Å². The molecule has 2 aromatic rings. The van der Waals surface area contributed by atoms with Crippen molar-refractivity contribution in [1.29, 1.82) is 0 Å². The molecule has 1 aliphatic heterocycles. The molecule has 0 radical (unpaired) electrons. The predicted molar refractivity (Wildman–Crippen MR) is 128 cm³/mol. The van der Waals surface area contributed by atoms with Crippen molar-refractivity contribution in [2.75, 3.05) is 7.11 Å². The van der Waals surface area contributed by atoms with Crippen LogP contribution in [0.25, 0.3) is 0 Å². The Hall–Kier alpha value is 1.08. The van der Waals surface area contributed by atoms with E-state index in [2.05, 4.69) is 13.5 Å². The molecule has 0 aromatic heterocycles. The fraction of sp³-hybridized carbons (Fsp3) is 0.0769. The molecule has 14 heteroatoms. The van der Waals surface area contributed by atoms with Gasteiger partial charge in [0.1, 0.15) is 5.75 Å².